The molecule has 0 aliphatic heterocycles. The number of benzene rings is 1. The molecular formula is C16H18BrNO2S. The number of hydrogen-bond acceptors (Lipinski definition) is 3. The van der Waals surface area contributed by atoms with Crippen molar-refractivity contribution in [1.82, 2.24) is 5.32 Å². The van der Waals surface area contributed by atoms with Gasteiger partial charge in [0.1, 0.15) is 10.6 Å². The molecule has 0 aliphatic carbocycles. The summed E-state index contributed by atoms with van der Waals surface area (Å²) in [6.45, 7) is 5.96. The first kappa shape index (κ1) is 16.0. The minimum atomic E-state index is -0.0631. The SMILES string of the molecule is CC(C)Oc1ccc(C(C)NC(=O)c2sccc2Br)cc1. The van der Waals surface area contributed by atoms with Crippen molar-refractivity contribution in [2.75, 3.05) is 0 Å². The topological polar surface area (TPSA) is 38.3 Å². The Morgan fingerprint density at radius 2 is 1.86 bits per heavy atom. The third kappa shape index (κ3) is 4.32. The number of carbonyl (C=O) groups is 1. The van der Waals surface area contributed by atoms with Gasteiger partial charge in [0.05, 0.1) is 12.1 Å². The summed E-state index contributed by atoms with van der Waals surface area (Å²) in [6, 6.07) is 9.64. The third-order valence-corrected chi connectivity index (χ3v) is 4.76. The highest BCUT2D eigenvalue weighted by molar-refractivity contribution is 9.10. The molecule has 0 bridgehead atoms. The predicted molar refractivity (Wildman–Crippen MR) is 90.1 cm³/mol. The zero-order chi connectivity index (χ0) is 15.4. The number of hydrogen-bond donors (Lipinski definition) is 1. The van der Waals surface area contributed by atoms with Crippen LogP contribution in [0.4, 0.5) is 0 Å². The van der Waals surface area contributed by atoms with Gasteiger partial charge in [-0.25, -0.2) is 0 Å². The molecule has 0 radical (unpaired) electrons. The van der Waals surface area contributed by atoms with Gasteiger partial charge in [0.25, 0.3) is 5.91 Å². The van der Waals surface area contributed by atoms with E-state index in [0.29, 0.717) is 4.88 Å². The van der Waals surface area contributed by atoms with Crippen LogP contribution < -0.4 is 10.1 Å². The van der Waals surface area contributed by atoms with Gasteiger partial charge in [-0.3, -0.25) is 4.79 Å². The smallest absolute Gasteiger partial charge is 0.262 e. The Hall–Kier alpha value is -1.33. The lowest BCUT2D eigenvalue weighted by Gasteiger charge is -2.15. The van der Waals surface area contributed by atoms with Crippen molar-refractivity contribution < 1.29 is 9.53 Å². The molecule has 1 unspecified atom stereocenters. The van der Waals surface area contributed by atoms with E-state index >= 15 is 0 Å². The Balaban J connectivity index is 2.01. The van der Waals surface area contributed by atoms with E-state index < -0.39 is 0 Å². The molecule has 21 heavy (non-hydrogen) atoms. The Kier molecular flexibility index (Phi) is 5.42. The van der Waals surface area contributed by atoms with Gasteiger partial charge in [0, 0.05) is 4.47 Å². The molecule has 0 saturated carbocycles. The molecule has 0 spiro atoms. The van der Waals surface area contributed by atoms with Crippen molar-refractivity contribution in [1.29, 1.82) is 0 Å². The minimum absolute atomic E-state index is 0.0559. The van der Waals surface area contributed by atoms with E-state index in [4.69, 9.17) is 4.74 Å². The molecular weight excluding hydrogens is 350 g/mol. The molecule has 2 aromatic rings. The van der Waals surface area contributed by atoms with E-state index in [2.05, 4.69) is 21.2 Å². The summed E-state index contributed by atoms with van der Waals surface area (Å²) in [7, 11) is 0. The van der Waals surface area contributed by atoms with Crippen molar-refractivity contribution in [2.45, 2.75) is 32.9 Å². The largest absolute Gasteiger partial charge is 0.491 e. The summed E-state index contributed by atoms with van der Waals surface area (Å²) < 4.78 is 6.44. The second-order valence-electron chi connectivity index (χ2n) is 5.03. The molecule has 2 rings (SSSR count). The van der Waals surface area contributed by atoms with Crippen molar-refractivity contribution in [2.24, 2.45) is 0 Å². The van der Waals surface area contributed by atoms with Crippen LogP contribution in [0.2, 0.25) is 0 Å². The van der Waals surface area contributed by atoms with Crippen molar-refractivity contribution >= 4 is 33.2 Å². The number of rotatable bonds is 5. The predicted octanol–water partition coefficient (Wildman–Crippen LogP) is 4.79. The van der Waals surface area contributed by atoms with Gasteiger partial charge in [-0.1, -0.05) is 12.1 Å². The standard InChI is InChI=1S/C16H18BrNO2S/c1-10(2)20-13-6-4-12(5-7-13)11(3)18-16(19)15-14(17)8-9-21-15/h4-11H,1-3H3,(H,18,19). The molecule has 3 nitrogen and oxygen atoms in total. The summed E-state index contributed by atoms with van der Waals surface area (Å²) in [5, 5.41) is 4.89. The van der Waals surface area contributed by atoms with E-state index in [1.54, 1.807) is 0 Å². The molecule has 112 valence electrons. The zero-order valence-electron chi connectivity index (χ0n) is 12.2. The fraction of sp³-hybridized carbons (Fsp3) is 0.312. The highest BCUT2D eigenvalue weighted by Gasteiger charge is 2.15. The molecule has 1 heterocycles. The first-order chi connectivity index (χ1) is 9.97. The highest BCUT2D eigenvalue weighted by atomic mass is 79.9. The molecule has 0 saturated heterocycles. The maximum atomic E-state index is 12.2. The van der Waals surface area contributed by atoms with Crippen molar-refractivity contribution in [3.8, 4) is 5.75 Å². The maximum Gasteiger partial charge on any atom is 0.262 e. The first-order valence-corrected chi connectivity index (χ1v) is 8.45. The number of ether oxygens (including phenoxy) is 1. The Bertz CT molecular complexity index is 607. The summed E-state index contributed by atoms with van der Waals surface area (Å²) in [5.74, 6) is 0.778. The third-order valence-electron chi connectivity index (χ3n) is 2.92. The number of amides is 1. The maximum absolute atomic E-state index is 12.2. The summed E-state index contributed by atoms with van der Waals surface area (Å²) in [4.78, 5) is 12.9. The van der Waals surface area contributed by atoms with Crippen molar-refractivity contribution in [3.63, 3.8) is 0 Å². The van der Waals surface area contributed by atoms with Crippen LogP contribution >= 0.6 is 27.3 Å². The number of thiophene rings is 1. The van der Waals surface area contributed by atoms with Gasteiger partial charge < -0.3 is 10.1 Å². The van der Waals surface area contributed by atoms with Gasteiger partial charge in [-0.15, -0.1) is 11.3 Å². The second-order valence-corrected chi connectivity index (χ2v) is 6.80. The molecule has 1 N–H and O–H groups in total. The molecule has 1 aromatic carbocycles. The van der Waals surface area contributed by atoms with E-state index in [-0.39, 0.29) is 18.1 Å². The lowest BCUT2D eigenvalue weighted by molar-refractivity contribution is 0.0943. The zero-order valence-corrected chi connectivity index (χ0v) is 14.6. The molecule has 1 atom stereocenters. The van der Waals surface area contributed by atoms with Crippen LogP contribution in [0, 0.1) is 0 Å². The fourth-order valence-corrected chi connectivity index (χ4v) is 3.36. The number of halogens is 1. The summed E-state index contributed by atoms with van der Waals surface area (Å²) in [6.07, 6.45) is 0.157. The number of carbonyl (C=O) groups excluding carboxylic acids is 1. The van der Waals surface area contributed by atoms with Crippen LogP contribution in [0.15, 0.2) is 40.2 Å². The fourth-order valence-electron chi connectivity index (χ4n) is 1.91. The quantitative estimate of drug-likeness (QED) is 0.824. The van der Waals surface area contributed by atoms with Crippen LogP contribution in [-0.4, -0.2) is 12.0 Å². The summed E-state index contributed by atoms with van der Waals surface area (Å²) >= 11 is 4.80. The first-order valence-electron chi connectivity index (χ1n) is 6.78. The highest BCUT2D eigenvalue weighted by Crippen LogP contribution is 2.24. The van der Waals surface area contributed by atoms with Crippen LogP contribution in [0.3, 0.4) is 0 Å². The van der Waals surface area contributed by atoms with Gasteiger partial charge in [0.15, 0.2) is 0 Å². The van der Waals surface area contributed by atoms with E-state index in [1.165, 1.54) is 11.3 Å². The molecule has 1 aromatic heterocycles. The Morgan fingerprint density at radius 1 is 1.19 bits per heavy atom. The van der Waals surface area contributed by atoms with E-state index in [1.807, 2.05) is 56.5 Å². The van der Waals surface area contributed by atoms with Crippen molar-refractivity contribution in [3.05, 3.63) is 50.6 Å². The molecule has 0 aliphatic rings. The lowest BCUT2D eigenvalue weighted by atomic mass is 10.1. The molecule has 0 fully saturated rings. The Labute approximate surface area is 137 Å². The van der Waals surface area contributed by atoms with Gasteiger partial charge in [-0.2, -0.15) is 0 Å². The van der Waals surface area contributed by atoms with Gasteiger partial charge in [0.2, 0.25) is 0 Å². The normalized spacial score (nSPS) is 12.2. The van der Waals surface area contributed by atoms with Gasteiger partial charge in [-0.05, 0) is 65.8 Å². The second kappa shape index (κ2) is 7.09. The van der Waals surface area contributed by atoms with E-state index in [9.17, 15) is 4.79 Å². The minimum Gasteiger partial charge on any atom is -0.491 e. The van der Waals surface area contributed by atoms with Crippen LogP contribution in [0.5, 0.6) is 5.75 Å². The molecule has 1 amide bonds. The molecule has 5 heteroatoms. The average molecular weight is 368 g/mol. The lowest BCUT2D eigenvalue weighted by Crippen LogP contribution is -2.26. The van der Waals surface area contributed by atoms with Gasteiger partial charge >= 0.3 is 0 Å². The summed E-state index contributed by atoms with van der Waals surface area (Å²) in [5.41, 5.74) is 1.05. The van der Waals surface area contributed by atoms with E-state index in [0.717, 1.165) is 15.8 Å². The van der Waals surface area contributed by atoms with Crippen LogP contribution in [0.1, 0.15) is 42.0 Å². The Morgan fingerprint density at radius 3 is 2.38 bits per heavy atom. The average Bonchev–Trinajstić information content (AvgIpc) is 2.85. The number of nitrogens with one attached hydrogen (secondary N) is 1. The van der Waals surface area contributed by atoms with Crippen LogP contribution in [0.25, 0.3) is 0 Å². The monoisotopic (exact) mass is 367 g/mol. The van der Waals surface area contributed by atoms with Crippen LogP contribution in [-0.2, 0) is 0 Å².